The normalized spacial score (nSPS) is 13.0. The van der Waals surface area contributed by atoms with E-state index in [1.54, 1.807) is 26.8 Å². The summed E-state index contributed by atoms with van der Waals surface area (Å²) in [4.78, 5) is 11.6. The second kappa shape index (κ2) is 6.96. The summed E-state index contributed by atoms with van der Waals surface area (Å²) in [5, 5.41) is 2.96. The molecule has 8 heteroatoms. The molecule has 0 spiro atoms. The number of nitrogens with one attached hydrogen (secondary N) is 2. The second-order valence-corrected chi connectivity index (χ2v) is 7.12. The maximum Gasteiger partial charge on any atom is 0.243 e. The molecular weight excluding hydrogens is 335 g/mol. The molecular formula is C13H18Cl2N2O3S. The van der Waals surface area contributed by atoms with Crippen LogP contribution in [0.15, 0.2) is 11.0 Å². The molecule has 1 rings (SSSR count). The molecule has 1 atom stereocenters. The van der Waals surface area contributed by atoms with Crippen LogP contribution in [0.2, 0.25) is 10.0 Å². The van der Waals surface area contributed by atoms with Crippen molar-refractivity contribution in [3.63, 3.8) is 0 Å². The molecule has 1 aromatic carbocycles. The standard InChI is InChI=1S/C13H18Cl2N2O3S/c1-5-16-13(18)9(4)17-21(19,20)12-8(3)10(14)6-7(2)11(12)15/h6,9,17H,5H2,1-4H3,(H,16,18)/t9-/m1/s1. The topological polar surface area (TPSA) is 75.3 Å². The van der Waals surface area contributed by atoms with Gasteiger partial charge < -0.3 is 5.32 Å². The molecule has 1 aromatic rings. The molecule has 0 unspecified atom stereocenters. The van der Waals surface area contributed by atoms with Gasteiger partial charge in [0.05, 0.1) is 11.1 Å². The summed E-state index contributed by atoms with van der Waals surface area (Å²) in [5.74, 6) is -0.409. The first-order valence-corrected chi connectivity index (χ1v) is 8.61. The Morgan fingerprint density at radius 2 is 1.90 bits per heavy atom. The Kier molecular flexibility index (Phi) is 6.04. The molecule has 0 saturated carbocycles. The maximum absolute atomic E-state index is 12.5. The van der Waals surface area contributed by atoms with Gasteiger partial charge >= 0.3 is 0 Å². The van der Waals surface area contributed by atoms with Gasteiger partial charge in [-0.05, 0) is 44.9 Å². The highest BCUT2D eigenvalue weighted by Gasteiger charge is 2.27. The lowest BCUT2D eigenvalue weighted by molar-refractivity contribution is -0.122. The van der Waals surface area contributed by atoms with Crippen molar-refractivity contribution in [2.45, 2.75) is 38.6 Å². The number of likely N-dealkylation sites (N-methyl/N-ethyl adjacent to an activating group) is 1. The zero-order valence-corrected chi connectivity index (χ0v) is 14.6. The largest absolute Gasteiger partial charge is 0.355 e. The SMILES string of the molecule is CCNC(=O)[C@@H](C)NS(=O)(=O)c1c(C)c(Cl)cc(C)c1Cl. The van der Waals surface area contributed by atoms with Crippen molar-refractivity contribution in [2.24, 2.45) is 0 Å². The zero-order chi connectivity index (χ0) is 16.4. The van der Waals surface area contributed by atoms with Gasteiger partial charge in [0.25, 0.3) is 0 Å². The predicted molar refractivity (Wildman–Crippen MR) is 84.4 cm³/mol. The number of halogens is 2. The van der Waals surface area contributed by atoms with E-state index in [2.05, 4.69) is 10.0 Å². The maximum atomic E-state index is 12.5. The summed E-state index contributed by atoms with van der Waals surface area (Å²) in [5.41, 5.74) is 0.904. The number of benzene rings is 1. The van der Waals surface area contributed by atoms with Crippen LogP contribution in [-0.4, -0.2) is 26.9 Å². The van der Waals surface area contributed by atoms with Crippen LogP contribution in [0.25, 0.3) is 0 Å². The van der Waals surface area contributed by atoms with Gasteiger partial charge in [-0.3, -0.25) is 4.79 Å². The zero-order valence-electron chi connectivity index (χ0n) is 12.3. The van der Waals surface area contributed by atoms with E-state index in [0.29, 0.717) is 22.7 Å². The van der Waals surface area contributed by atoms with E-state index < -0.39 is 22.0 Å². The van der Waals surface area contributed by atoms with E-state index in [4.69, 9.17) is 23.2 Å². The van der Waals surface area contributed by atoms with Crippen molar-refractivity contribution < 1.29 is 13.2 Å². The molecule has 2 N–H and O–H groups in total. The van der Waals surface area contributed by atoms with E-state index in [1.807, 2.05) is 0 Å². The molecule has 0 fully saturated rings. The fourth-order valence-corrected chi connectivity index (χ4v) is 4.22. The monoisotopic (exact) mass is 352 g/mol. The summed E-state index contributed by atoms with van der Waals surface area (Å²) in [7, 11) is -3.96. The Hall–Kier alpha value is -0.820. The Morgan fingerprint density at radius 3 is 2.43 bits per heavy atom. The molecule has 0 aromatic heterocycles. The molecule has 0 aliphatic heterocycles. The minimum Gasteiger partial charge on any atom is -0.355 e. The van der Waals surface area contributed by atoms with Crippen LogP contribution in [0, 0.1) is 13.8 Å². The van der Waals surface area contributed by atoms with Crippen LogP contribution in [0.4, 0.5) is 0 Å². The molecule has 0 aliphatic rings. The first kappa shape index (κ1) is 18.2. The number of rotatable bonds is 5. The lowest BCUT2D eigenvalue weighted by atomic mass is 10.2. The van der Waals surface area contributed by atoms with E-state index >= 15 is 0 Å². The average Bonchev–Trinajstić information content (AvgIpc) is 2.36. The Balaban J connectivity index is 3.24. The third-order valence-corrected chi connectivity index (χ3v) is 5.64. The molecule has 21 heavy (non-hydrogen) atoms. The smallest absolute Gasteiger partial charge is 0.243 e. The Morgan fingerprint density at radius 1 is 1.33 bits per heavy atom. The number of aryl methyl sites for hydroxylation is 1. The van der Waals surface area contributed by atoms with Crippen molar-refractivity contribution in [3.8, 4) is 0 Å². The molecule has 0 bridgehead atoms. The molecule has 118 valence electrons. The molecule has 0 radical (unpaired) electrons. The van der Waals surface area contributed by atoms with Gasteiger partial charge in [-0.1, -0.05) is 23.2 Å². The molecule has 0 heterocycles. The van der Waals surface area contributed by atoms with Gasteiger partial charge in [-0.2, -0.15) is 4.72 Å². The first-order chi connectivity index (χ1) is 9.61. The highest BCUT2D eigenvalue weighted by atomic mass is 35.5. The first-order valence-electron chi connectivity index (χ1n) is 6.37. The summed E-state index contributed by atoms with van der Waals surface area (Å²) in [6.07, 6.45) is 0. The number of carbonyl (C=O) groups is 1. The second-order valence-electron chi connectivity index (χ2n) is 4.68. The quantitative estimate of drug-likeness (QED) is 0.854. The summed E-state index contributed by atoms with van der Waals surface area (Å²) in [6, 6.07) is 0.690. The summed E-state index contributed by atoms with van der Waals surface area (Å²) in [6.45, 7) is 6.86. The summed E-state index contributed by atoms with van der Waals surface area (Å²) >= 11 is 12.1. The van der Waals surface area contributed by atoms with Gasteiger partial charge in [0.1, 0.15) is 4.90 Å². The van der Waals surface area contributed by atoms with Gasteiger partial charge in [-0.25, -0.2) is 8.42 Å². The van der Waals surface area contributed by atoms with Gasteiger partial charge in [0.15, 0.2) is 0 Å². The third kappa shape index (κ3) is 4.10. The van der Waals surface area contributed by atoms with Crippen molar-refractivity contribution in [2.75, 3.05) is 6.54 Å². The number of carbonyl (C=O) groups excluding carboxylic acids is 1. The van der Waals surface area contributed by atoms with Crippen LogP contribution in [-0.2, 0) is 14.8 Å². The highest BCUT2D eigenvalue weighted by Crippen LogP contribution is 2.33. The third-order valence-electron chi connectivity index (χ3n) is 2.93. The Labute approximate surface area is 135 Å². The van der Waals surface area contributed by atoms with Crippen molar-refractivity contribution in [1.82, 2.24) is 10.0 Å². The highest BCUT2D eigenvalue weighted by molar-refractivity contribution is 7.89. The van der Waals surface area contributed by atoms with Crippen LogP contribution in [0.5, 0.6) is 0 Å². The van der Waals surface area contributed by atoms with E-state index in [1.165, 1.54) is 6.92 Å². The number of amides is 1. The fourth-order valence-electron chi connectivity index (χ4n) is 1.81. The summed E-state index contributed by atoms with van der Waals surface area (Å²) < 4.78 is 27.2. The molecule has 0 aliphatic carbocycles. The van der Waals surface area contributed by atoms with E-state index in [9.17, 15) is 13.2 Å². The van der Waals surface area contributed by atoms with Gasteiger partial charge in [-0.15, -0.1) is 0 Å². The molecule has 5 nitrogen and oxygen atoms in total. The van der Waals surface area contributed by atoms with Crippen LogP contribution >= 0.6 is 23.2 Å². The minimum absolute atomic E-state index is 0.0923. The predicted octanol–water partition coefficient (Wildman–Crippen LogP) is 2.41. The fraction of sp³-hybridized carbons (Fsp3) is 0.462. The van der Waals surface area contributed by atoms with Crippen LogP contribution < -0.4 is 10.0 Å². The molecule has 0 saturated heterocycles. The van der Waals surface area contributed by atoms with E-state index in [0.717, 1.165) is 0 Å². The number of hydrogen-bond acceptors (Lipinski definition) is 3. The average molecular weight is 353 g/mol. The lowest BCUT2D eigenvalue weighted by Crippen LogP contribution is -2.44. The van der Waals surface area contributed by atoms with Crippen molar-refractivity contribution in [3.05, 3.63) is 27.2 Å². The lowest BCUT2D eigenvalue weighted by Gasteiger charge is -2.17. The number of hydrogen-bond donors (Lipinski definition) is 2. The molecule has 1 amide bonds. The van der Waals surface area contributed by atoms with Gasteiger partial charge in [0.2, 0.25) is 15.9 Å². The van der Waals surface area contributed by atoms with Crippen LogP contribution in [0.3, 0.4) is 0 Å². The van der Waals surface area contributed by atoms with Gasteiger partial charge in [0, 0.05) is 11.6 Å². The minimum atomic E-state index is -3.96. The Bertz CT molecular complexity index is 634. The number of sulfonamides is 1. The van der Waals surface area contributed by atoms with Crippen molar-refractivity contribution in [1.29, 1.82) is 0 Å². The van der Waals surface area contributed by atoms with Crippen LogP contribution in [0.1, 0.15) is 25.0 Å². The van der Waals surface area contributed by atoms with Crippen molar-refractivity contribution >= 4 is 39.1 Å². The van der Waals surface area contributed by atoms with E-state index in [-0.39, 0.29) is 9.92 Å².